The number of hydrogen-bond donors (Lipinski definition) is 4. The molecule has 0 aliphatic rings. The molecule has 0 amide bonds. The van der Waals surface area contributed by atoms with Gasteiger partial charge in [0.1, 0.15) is 9.79 Å². The third-order valence-electron chi connectivity index (χ3n) is 2.48. The quantitative estimate of drug-likeness (QED) is 0.578. The fourth-order valence-electron chi connectivity index (χ4n) is 1.69. The molecule has 0 radical (unpaired) electrons. The maximum absolute atomic E-state index is 11.3. The summed E-state index contributed by atoms with van der Waals surface area (Å²) in [5.41, 5.74) is 0. The van der Waals surface area contributed by atoms with E-state index in [2.05, 4.69) is 0 Å². The molecule has 8 nitrogen and oxygen atoms in total. The molecule has 0 aliphatic carbocycles. The van der Waals surface area contributed by atoms with Crippen LogP contribution in [0.3, 0.4) is 0 Å². The molecule has 4 N–H and O–H groups in total. The first-order chi connectivity index (χ1) is 10.1. The minimum Gasteiger partial charge on any atom is -0.394 e. The average Bonchev–Trinajstić information content (AvgIpc) is 2.44. The average molecular weight is 350 g/mol. The van der Waals surface area contributed by atoms with E-state index in [0.29, 0.717) is 5.39 Å². The molecule has 0 spiro atoms. The van der Waals surface area contributed by atoms with Gasteiger partial charge in [-0.2, -0.15) is 16.8 Å². The first-order valence-electron chi connectivity index (χ1n) is 5.81. The second kappa shape index (κ2) is 7.13. The van der Waals surface area contributed by atoms with E-state index < -0.39 is 30.0 Å². The first kappa shape index (κ1) is 18.5. The molecule has 0 aliphatic heterocycles. The molecule has 0 bridgehead atoms. The molecule has 0 saturated carbocycles. The highest BCUT2D eigenvalue weighted by Crippen LogP contribution is 2.29. The van der Waals surface area contributed by atoms with E-state index in [1.54, 1.807) is 12.1 Å². The van der Waals surface area contributed by atoms with E-state index in [1.165, 1.54) is 18.2 Å². The molecule has 122 valence electrons. The SMILES string of the molecule is O=S(=O)(O)c1ccc2ccccc2c1S(=O)(=O)O.OCCO. The Morgan fingerprint density at radius 1 is 0.773 bits per heavy atom. The summed E-state index contributed by atoms with van der Waals surface area (Å²) in [6, 6.07) is 8.28. The van der Waals surface area contributed by atoms with Crippen LogP contribution in [0, 0.1) is 0 Å². The van der Waals surface area contributed by atoms with E-state index in [0.717, 1.165) is 6.07 Å². The minimum atomic E-state index is -4.78. The van der Waals surface area contributed by atoms with E-state index in [4.69, 9.17) is 19.3 Å². The van der Waals surface area contributed by atoms with Gasteiger partial charge in [0.25, 0.3) is 20.2 Å². The van der Waals surface area contributed by atoms with Crippen LogP contribution in [0.4, 0.5) is 0 Å². The topological polar surface area (TPSA) is 149 Å². The van der Waals surface area contributed by atoms with E-state index >= 15 is 0 Å². The Balaban J connectivity index is 0.000000541. The van der Waals surface area contributed by atoms with Crippen LogP contribution >= 0.6 is 0 Å². The summed E-state index contributed by atoms with van der Waals surface area (Å²) in [6.45, 7) is -0.250. The Kier molecular flexibility index (Phi) is 6.00. The van der Waals surface area contributed by atoms with Crippen LogP contribution in [0.1, 0.15) is 0 Å². The maximum atomic E-state index is 11.3. The Morgan fingerprint density at radius 3 is 1.77 bits per heavy atom. The lowest BCUT2D eigenvalue weighted by Crippen LogP contribution is -2.09. The van der Waals surface area contributed by atoms with Crippen molar-refractivity contribution in [3.05, 3.63) is 36.4 Å². The zero-order valence-electron chi connectivity index (χ0n) is 11.1. The molecule has 0 unspecified atom stereocenters. The molecule has 0 heterocycles. The number of benzene rings is 2. The van der Waals surface area contributed by atoms with E-state index in [9.17, 15) is 16.8 Å². The molecule has 2 aromatic carbocycles. The fourth-order valence-corrected chi connectivity index (χ4v) is 3.69. The van der Waals surface area contributed by atoms with Crippen molar-refractivity contribution < 1.29 is 36.2 Å². The highest BCUT2D eigenvalue weighted by molar-refractivity contribution is 7.89. The monoisotopic (exact) mass is 350 g/mol. The van der Waals surface area contributed by atoms with Crippen molar-refractivity contribution in [2.45, 2.75) is 9.79 Å². The van der Waals surface area contributed by atoms with Crippen molar-refractivity contribution in [1.29, 1.82) is 0 Å². The number of fused-ring (bicyclic) bond motifs is 1. The standard InChI is InChI=1S/C10H8O6S2.C2H6O2/c11-17(12,13)9-6-5-7-3-1-2-4-8(7)10(9)18(14,15)16;3-1-2-4/h1-6H,(H,11,12,13)(H,14,15,16);3-4H,1-2H2. The molecular formula is C12H14O8S2. The number of hydrogen-bond acceptors (Lipinski definition) is 6. The van der Waals surface area contributed by atoms with Crippen LogP contribution in [-0.2, 0) is 20.2 Å². The van der Waals surface area contributed by atoms with Gasteiger partial charge in [0.15, 0.2) is 0 Å². The van der Waals surface area contributed by atoms with Crippen LogP contribution in [0.5, 0.6) is 0 Å². The van der Waals surface area contributed by atoms with Gasteiger partial charge in [-0.3, -0.25) is 9.11 Å². The van der Waals surface area contributed by atoms with Gasteiger partial charge in [-0.15, -0.1) is 0 Å². The molecular weight excluding hydrogens is 336 g/mol. The number of rotatable bonds is 3. The summed E-state index contributed by atoms with van der Waals surface area (Å²) in [4.78, 5) is -1.66. The van der Waals surface area contributed by atoms with Crippen LogP contribution in [0.25, 0.3) is 10.8 Å². The largest absolute Gasteiger partial charge is 0.394 e. The lowest BCUT2D eigenvalue weighted by Gasteiger charge is -2.08. The molecule has 0 saturated heterocycles. The van der Waals surface area contributed by atoms with Crippen LogP contribution in [0.2, 0.25) is 0 Å². The van der Waals surface area contributed by atoms with Crippen LogP contribution in [0.15, 0.2) is 46.2 Å². The molecule has 0 aromatic heterocycles. The molecule has 0 atom stereocenters. The van der Waals surface area contributed by atoms with Gasteiger partial charge in [-0.25, -0.2) is 0 Å². The number of aliphatic hydroxyl groups excluding tert-OH is 2. The Morgan fingerprint density at radius 2 is 1.32 bits per heavy atom. The molecule has 2 aromatic rings. The third kappa shape index (κ3) is 4.47. The summed E-state index contributed by atoms with van der Waals surface area (Å²) < 4.78 is 63.0. The van der Waals surface area contributed by atoms with Crippen molar-refractivity contribution in [1.82, 2.24) is 0 Å². The lowest BCUT2D eigenvalue weighted by molar-refractivity contribution is 0.186. The highest BCUT2D eigenvalue weighted by Gasteiger charge is 2.26. The van der Waals surface area contributed by atoms with Crippen molar-refractivity contribution in [3.8, 4) is 0 Å². The van der Waals surface area contributed by atoms with E-state index in [1.807, 2.05) is 0 Å². The summed E-state index contributed by atoms with van der Waals surface area (Å²) >= 11 is 0. The predicted octanol–water partition coefficient (Wildman–Crippen LogP) is 0.304. The normalized spacial score (nSPS) is 11.8. The van der Waals surface area contributed by atoms with Gasteiger partial charge in [0.2, 0.25) is 0 Å². The first-order valence-corrected chi connectivity index (χ1v) is 8.69. The van der Waals surface area contributed by atoms with Gasteiger partial charge in [0, 0.05) is 5.39 Å². The summed E-state index contributed by atoms with van der Waals surface area (Å²) in [6.07, 6.45) is 0. The zero-order chi connectivity index (χ0) is 17.0. The summed E-state index contributed by atoms with van der Waals surface area (Å²) in [5.74, 6) is 0. The van der Waals surface area contributed by atoms with Crippen molar-refractivity contribution in [3.63, 3.8) is 0 Å². The Hall–Kier alpha value is -1.56. The fraction of sp³-hybridized carbons (Fsp3) is 0.167. The third-order valence-corrected chi connectivity index (χ3v) is 4.46. The number of aliphatic hydroxyl groups is 2. The molecule has 22 heavy (non-hydrogen) atoms. The Bertz CT molecular complexity index is 854. The van der Waals surface area contributed by atoms with E-state index in [-0.39, 0.29) is 18.6 Å². The lowest BCUT2D eigenvalue weighted by atomic mass is 10.1. The van der Waals surface area contributed by atoms with Crippen LogP contribution in [-0.4, -0.2) is 49.4 Å². The minimum absolute atomic E-state index is 0.0233. The van der Waals surface area contributed by atoms with Gasteiger partial charge in [-0.05, 0) is 11.5 Å². The summed E-state index contributed by atoms with van der Waals surface area (Å²) in [7, 11) is -9.53. The second-order valence-electron chi connectivity index (χ2n) is 4.01. The van der Waals surface area contributed by atoms with Gasteiger partial charge in [-0.1, -0.05) is 30.3 Å². The molecule has 10 heteroatoms. The van der Waals surface area contributed by atoms with Crippen LogP contribution < -0.4 is 0 Å². The molecule has 0 fully saturated rings. The summed E-state index contributed by atoms with van der Waals surface area (Å²) in [5, 5.41) is 15.7. The molecule has 2 rings (SSSR count). The van der Waals surface area contributed by atoms with Crippen molar-refractivity contribution in [2.75, 3.05) is 13.2 Å². The van der Waals surface area contributed by atoms with Crippen molar-refractivity contribution in [2.24, 2.45) is 0 Å². The second-order valence-corrected chi connectivity index (χ2v) is 6.76. The van der Waals surface area contributed by atoms with Gasteiger partial charge < -0.3 is 10.2 Å². The smallest absolute Gasteiger partial charge is 0.296 e. The highest BCUT2D eigenvalue weighted by atomic mass is 32.2. The van der Waals surface area contributed by atoms with Gasteiger partial charge in [0.05, 0.1) is 13.2 Å². The predicted molar refractivity (Wildman–Crippen MR) is 77.7 cm³/mol. The maximum Gasteiger partial charge on any atom is 0.296 e. The zero-order valence-corrected chi connectivity index (χ0v) is 12.7. The Labute approximate surface area is 127 Å². The van der Waals surface area contributed by atoms with Gasteiger partial charge >= 0.3 is 0 Å². The van der Waals surface area contributed by atoms with Crippen molar-refractivity contribution >= 4 is 31.0 Å².